The molecule has 0 fully saturated rings. The van der Waals surface area contributed by atoms with Crippen LogP contribution in [-0.4, -0.2) is 33.2 Å². The highest BCUT2D eigenvalue weighted by atomic mass is 32.2. The smallest absolute Gasteiger partial charge is 0.276 e. The van der Waals surface area contributed by atoms with Gasteiger partial charge in [-0.05, 0) is 19.3 Å². The molecule has 0 aromatic rings. The lowest BCUT2D eigenvalue weighted by atomic mass is 9.84. The molecule has 0 radical (unpaired) electrons. The standard InChI is InChI=1S/C10H24N2O3S/c1-4-7-11-16(14,15)12-8-10(5-2,6-3)9-13/h11-13H,4-9H2,1-3H3. The molecule has 0 saturated carbocycles. The Balaban J connectivity index is 4.30. The topological polar surface area (TPSA) is 78.4 Å². The molecule has 0 aromatic heterocycles. The Morgan fingerprint density at radius 3 is 2.06 bits per heavy atom. The maximum atomic E-state index is 11.5. The zero-order valence-corrected chi connectivity index (χ0v) is 11.2. The van der Waals surface area contributed by atoms with E-state index < -0.39 is 10.2 Å². The molecule has 6 heteroatoms. The molecule has 16 heavy (non-hydrogen) atoms. The van der Waals surface area contributed by atoms with Gasteiger partial charge in [0.15, 0.2) is 0 Å². The summed E-state index contributed by atoms with van der Waals surface area (Å²) in [5, 5.41) is 9.29. The molecule has 0 bridgehead atoms. The number of hydrogen-bond acceptors (Lipinski definition) is 3. The summed E-state index contributed by atoms with van der Waals surface area (Å²) in [5.41, 5.74) is -0.346. The van der Waals surface area contributed by atoms with E-state index in [9.17, 15) is 13.5 Å². The van der Waals surface area contributed by atoms with E-state index in [1.54, 1.807) is 0 Å². The van der Waals surface area contributed by atoms with E-state index in [0.717, 1.165) is 19.3 Å². The zero-order chi connectivity index (χ0) is 12.7. The van der Waals surface area contributed by atoms with Gasteiger partial charge >= 0.3 is 0 Å². The number of rotatable bonds is 9. The second-order valence-electron chi connectivity index (χ2n) is 4.08. The molecular formula is C10H24N2O3S. The Labute approximate surface area is 98.8 Å². The van der Waals surface area contributed by atoms with Gasteiger partial charge in [-0.3, -0.25) is 0 Å². The average Bonchev–Trinajstić information content (AvgIpc) is 2.29. The quantitative estimate of drug-likeness (QED) is 0.563. The fraction of sp³-hybridized carbons (Fsp3) is 1.00. The third-order valence-corrected chi connectivity index (χ3v) is 4.12. The summed E-state index contributed by atoms with van der Waals surface area (Å²) in [6.07, 6.45) is 2.25. The normalized spacial score (nSPS) is 13.0. The fourth-order valence-corrected chi connectivity index (χ4v) is 2.39. The molecule has 0 spiro atoms. The minimum absolute atomic E-state index is 0.00367. The predicted octanol–water partition coefficient (Wildman–Crippen LogP) is 0.619. The summed E-state index contributed by atoms with van der Waals surface area (Å²) in [7, 11) is -3.42. The van der Waals surface area contributed by atoms with Crippen LogP contribution in [-0.2, 0) is 10.2 Å². The van der Waals surface area contributed by atoms with Gasteiger partial charge in [-0.2, -0.15) is 8.42 Å². The molecule has 3 N–H and O–H groups in total. The van der Waals surface area contributed by atoms with Gasteiger partial charge in [0, 0.05) is 25.1 Å². The van der Waals surface area contributed by atoms with Gasteiger partial charge in [-0.1, -0.05) is 20.8 Å². The molecule has 98 valence electrons. The van der Waals surface area contributed by atoms with Gasteiger partial charge in [0.25, 0.3) is 10.2 Å². The third kappa shape index (κ3) is 5.25. The van der Waals surface area contributed by atoms with Crippen LogP contribution in [0.2, 0.25) is 0 Å². The first-order chi connectivity index (χ1) is 7.45. The Morgan fingerprint density at radius 1 is 1.12 bits per heavy atom. The molecule has 0 aromatic carbocycles. The second kappa shape index (κ2) is 7.21. The second-order valence-corrected chi connectivity index (χ2v) is 5.67. The van der Waals surface area contributed by atoms with Crippen LogP contribution in [0.5, 0.6) is 0 Å². The van der Waals surface area contributed by atoms with Crippen molar-refractivity contribution in [3.8, 4) is 0 Å². The lowest BCUT2D eigenvalue weighted by Gasteiger charge is -2.29. The van der Waals surface area contributed by atoms with Gasteiger partial charge in [-0.25, -0.2) is 9.44 Å². The van der Waals surface area contributed by atoms with Gasteiger partial charge in [-0.15, -0.1) is 0 Å². The van der Waals surface area contributed by atoms with E-state index in [1.807, 2.05) is 20.8 Å². The Bertz CT molecular complexity index is 266. The summed E-state index contributed by atoms with van der Waals surface area (Å²) in [5.74, 6) is 0. The van der Waals surface area contributed by atoms with Crippen LogP contribution in [0.15, 0.2) is 0 Å². The molecule has 0 unspecified atom stereocenters. The highest BCUT2D eigenvalue weighted by Gasteiger charge is 2.26. The zero-order valence-electron chi connectivity index (χ0n) is 10.4. The van der Waals surface area contributed by atoms with Crippen LogP contribution in [0.3, 0.4) is 0 Å². The van der Waals surface area contributed by atoms with Crippen molar-refractivity contribution in [3.05, 3.63) is 0 Å². The molecular weight excluding hydrogens is 228 g/mol. The highest BCUT2D eigenvalue weighted by Crippen LogP contribution is 2.24. The van der Waals surface area contributed by atoms with Gasteiger partial charge in [0.1, 0.15) is 0 Å². The van der Waals surface area contributed by atoms with Crippen LogP contribution in [0.4, 0.5) is 0 Å². The lowest BCUT2D eigenvalue weighted by molar-refractivity contribution is 0.119. The van der Waals surface area contributed by atoms with Crippen molar-refractivity contribution >= 4 is 10.2 Å². The molecule has 5 nitrogen and oxygen atoms in total. The maximum Gasteiger partial charge on any atom is 0.276 e. The maximum absolute atomic E-state index is 11.5. The van der Waals surface area contributed by atoms with Gasteiger partial charge in [0.2, 0.25) is 0 Å². The molecule has 0 atom stereocenters. The molecule has 0 amide bonds. The SMILES string of the molecule is CCCNS(=O)(=O)NCC(CC)(CC)CO. The molecule has 0 rings (SSSR count). The van der Waals surface area contributed by atoms with Gasteiger partial charge < -0.3 is 5.11 Å². The van der Waals surface area contributed by atoms with Crippen molar-refractivity contribution in [2.45, 2.75) is 40.0 Å². The number of aliphatic hydroxyl groups excluding tert-OH is 1. The molecule has 0 saturated heterocycles. The molecule has 0 aliphatic heterocycles. The Morgan fingerprint density at radius 2 is 1.69 bits per heavy atom. The van der Waals surface area contributed by atoms with Crippen molar-refractivity contribution in [2.24, 2.45) is 5.41 Å². The average molecular weight is 252 g/mol. The van der Waals surface area contributed by atoms with Crippen LogP contribution in [0.25, 0.3) is 0 Å². The van der Waals surface area contributed by atoms with E-state index >= 15 is 0 Å². The Kier molecular flexibility index (Phi) is 7.14. The van der Waals surface area contributed by atoms with Crippen molar-refractivity contribution in [3.63, 3.8) is 0 Å². The van der Waals surface area contributed by atoms with Crippen LogP contribution in [0, 0.1) is 5.41 Å². The van der Waals surface area contributed by atoms with E-state index in [1.165, 1.54) is 0 Å². The van der Waals surface area contributed by atoms with Crippen molar-refractivity contribution < 1.29 is 13.5 Å². The first-order valence-corrected chi connectivity index (χ1v) is 7.28. The van der Waals surface area contributed by atoms with Crippen molar-refractivity contribution in [2.75, 3.05) is 19.7 Å². The van der Waals surface area contributed by atoms with Crippen LogP contribution >= 0.6 is 0 Å². The number of aliphatic hydroxyl groups is 1. The van der Waals surface area contributed by atoms with E-state index in [4.69, 9.17) is 0 Å². The van der Waals surface area contributed by atoms with E-state index in [-0.39, 0.29) is 18.6 Å². The van der Waals surface area contributed by atoms with E-state index in [0.29, 0.717) is 6.54 Å². The molecule has 0 aliphatic rings. The minimum Gasteiger partial charge on any atom is -0.396 e. The molecule has 0 aliphatic carbocycles. The summed E-state index contributed by atoms with van der Waals surface area (Å²) in [6, 6.07) is 0. The van der Waals surface area contributed by atoms with Gasteiger partial charge in [0.05, 0.1) is 0 Å². The fourth-order valence-electron chi connectivity index (χ4n) is 1.32. The molecule has 0 heterocycles. The lowest BCUT2D eigenvalue weighted by Crippen LogP contribution is -2.44. The van der Waals surface area contributed by atoms with Crippen molar-refractivity contribution in [1.82, 2.24) is 9.44 Å². The van der Waals surface area contributed by atoms with E-state index in [2.05, 4.69) is 9.44 Å². The largest absolute Gasteiger partial charge is 0.396 e. The number of hydrogen-bond donors (Lipinski definition) is 3. The minimum atomic E-state index is -3.42. The summed E-state index contributed by atoms with van der Waals surface area (Å²) in [4.78, 5) is 0. The summed E-state index contributed by atoms with van der Waals surface area (Å²) in [6.45, 7) is 6.51. The third-order valence-electron chi connectivity index (χ3n) is 3.01. The monoisotopic (exact) mass is 252 g/mol. The first-order valence-electron chi connectivity index (χ1n) is 5.80. The summed E-state index contributed by atoms with van der Waals surface area (Å²) < 4.78 is 27.9. The van der Waals surface area contributed by atoms with Crippen LogP contribution in [0.1, 0.15) is 40.0 Å². The predicted molar refractivity (Wildman–Crippen MR) is 65.3 cm³/mol. The first kappa shape index (κ1) is 15.8. The number of nitrogens with one attached hydrogen (secondary N) is 2. The Hall–Kier alpha value is -0.170. The van der Waals surface area contributed by atoms with Crippen LogP contribution < -0.4 is 9.44 Å². The highest BCUT2D eigenvalue weighted by molar-refractivity contribution is 7.87. The summed E-state index contributed by atoms with van der Waals surface area (Å²) >= 11 is 0. The van der Waals surface area contributed by atoms with Crippen molar-refractivity contribution in [1.29, 1.82) is 0 Å².